The van der Waals surface area contributed by atoms with Crippen molar-refractivity contribution in [2.24, 2.45) is 0 Å². The summed E-state index contributed by atoms with van der Waals surface area (Å²) in [5.41, 5.74) is 0. The molecule has 0 atom stereocenters. The normalized spacial score (nSPS) is 17.7. The summed E-state index contributed by atoms with van der Waals surface area (Å²) in [4.78, 5) is 0. The predicted molar refractivity (Wildman–Crippen MR) is 40.1 cm³/mol. The highest BCUT2D eigenvalue weighted by Gasteiger charge is 2.26. The first kappa shape index (κ1) is 6.02. The van der Waals surface area contributed by atoms with Gasteiger partial charge in [0.15, 0.2) is 0 Å². The zero-order valence-corrected chi connectivity index (χ0v) is 6.26. The van der Waals surface area contributed by atoms with Gasteiger partial charge in [0.25, 0.3) is 0 Å². The van der Waals surface area contributed by atoms with Gasteiger partial charge in [-0.3, -0.25) is 0 Å². The van der Waals surface area contributed by atoms with Crippen molar-refractivity contribution in [2.45, 2.75) is 32.1 Å². The third kappa shape index (κ3) is 0.962. The van der Waals surface area contributed by atoms with E-state index in [4.69, 9.17) is 4.42 Å². The van der Waals surface area contributed by atoms with Gasteiger partial charge >= 0.3 is 0 Å². The standard InChI is InChI=1S/C9H12O/c1-2-8-5-6-9(10-8)7-3-4-7/h5-7H,2-4H2,1H3. The van der Waals surface area contributed by atoms with Crippen LogP contribution < -0.4 is 0 Å². The lowest BCUT2D eigenvalue weighted by Crippen LogP contribution is -1.71. The van der Waals surface area contributed by atoms with E-state index in [-0.39, 0.29) is 0 Å². The molecule has 0 radical (unpaired) electrons. The Morgan fingerprint density at radius 3 is 2.80 bits per heavy atom. The van der Waals surface area contributed by atoms with Gasteiger partial charge in [-0.25, -0.2) is 0 Å². The molecule has 0 aromatic carbocycles. The van der Waals surface area contributed by atoms with Crippen molar-refractivity contribution in [1.29, 1.82) is 0 Å². The largest absolute Gasteiger partial charge is 0.466 e. The molecule has 1 aromatic heterocycles. The molecule has 0 bridgehead atoms. The zero-order chi connectivity index (χ0) is 6.97. The molecule has 1 fully saturated rings. The summed E-state index contributed by atoms with van der Waals surface area (Å²) < 4.78 is 5.56. The van der Waals surface area contributed by atoms with Crippen LogP contribution in [0.5, 0.6) is 0 Å². The number of aryl methyl sites for hydroxylation is 1. The van der Waals surface area contributed by atoms with Gasteiger partial charge in [0.05, 0.1) is 0 Å². The first-order chi connectivity index (χ1) is 4.90. The molecule has 1 saturated carbocycles. The number of rotatable bonds is 2. The molecule has 0 unspecified atom stereocenters. The fourth-order valence-corrected chi connectivity index (χ4v) is 1.17. The Labute approximate surface area is 61.0 Å². The van der Waals surface area contributed by atoms with Gasteiger partial charge in [-0.05, 0) is 25.0 Å². The predicted octanol–water partition coefficient (Wildman–Crippen LogP) is 2.72. The number of hydrogen-bond acceptors (Lipinski definition) is 1. The summed E-state index contributed by atoms with van der Waals surface area (Å²) in [5.74, 6) is 3.10. The Balaban J connectivity index is 2.19. The molecule has 1 nitrogen and oxygen atoms in total. The lowest BCUT2D eigenvalue weighted by Gasteiger charge is -1.88. The molecule has 1 aromatic rings. The number of hydrogen-bond donors (Lipinski definition) is 0. The van der Waals surface area contributed by atoms with Gasteiger partial charge < -0.3 is 4.42 Å². The second-order valence-electron chi connectivity index (χ2n) is 2.93. The van der Waals surface area contributed by atoms with Crippen LogP contribution in [0.15, 0.2) is 16.5 Å². The highest BCUT2D eigenvalue weighted by molar-refractivity contribution is 5.15. The molecule has 0 N–H and O–H groups in total. The lowest BCUT2D eigenvalue weighted by atomic mass is 10.3. The molecule has 0 amide bonds. The van der Waals surface area contributed by atoms with Crippen LogP contribution >= 0.6 is 0 Å². The minimum absolute atomic E-state index is 0.764. The maximum atomic E-state index is 5.56. The summed E-state index contributed by atoms with van der Waals surface area (Å²) in [6, 6.07) is 4.21. The van der Waals surface area contributed by atoms with Crippen LogP contribution in [0, 0.1) is 0 Å². The first-order valence-electron chi connectivity index (χ1n) is 3.98. The molecule has 10 heavy (non-hydrogen) atoms. The molecule has 1 heteroatoms. The Kier molecular flexibility index (Phi) is 1.30. The monoisotopic (exact) mass is 136 g/mol. The average Bonchev–Trinajstić information content (AvgIpc) is 2.70. The summed E-state index contributed by atoms with van der Waals surface area (Å²) in [7, 11) is 0. The van der Waals surface area contributed by atoms with Crippen LogP contribution in [0.3, 0.4) is 0 Å². The maximum absolute atomic E-state index is 5.56. The zero-order valence-electron chi connectivity index (χ0n) is 6.26. The molecular formula is C9H12O. The van der Waals surface area contributed by atoms with Gasteiger partial charge in [-0.1, -0.05) is 6.92 Å². The highest BCUT2D eigenvalue weighted by atomic mass is 16.3. The van der Waals surface area contributed by atoms with E-state index in [1.165, 1.54) is 18.6 Å². The van der Waals surface area contributed by atoms with E-state index < -0.39 is 0 Å². The molecule has 54 valence electrons. The minimum Gasteiger partial charge on any atom is -0.466 e. The van der Waals surface area contributed by atoms with Gasteiger partial charge in [0.2, 0.25) is 0 Å². The van der Waals surface area contributed by atoms with Crippen molar-refractivity contribution in [3.05, 3.63) is 23.7 Å². The molecule has 1 aliphatic carbocycles. The van der Waals surface area contributed by atoms with Gasteiger partial charge in [-0.15, -0.1) is 0 Å². The number of furan rings is 1. The Morgan fingerprint density at radius 2 is 2.30 bits per heavy atom. The van der Waals surface area contributed by atoms with Crippen molar-refractivity contribution < 1.29 is 4.42 Å². The fourth-order valence-electron chi connectivity index (χ4n) is 1.17. The Hall–Kier alpha value is -0.720. The second-order valence-corrected chi connectivity index (χ2v) is 2.93. The van der Waals surface area contributed by atoms with Gasteiger partial charge in [-0.2, -0.15) is 0 Å². The van der Waals surface area contributed by atoms with E-state index in [1.807, 2.05) is 0 Å². The van der Waals surface area contributed by atoms with Crippen molar-refractivity contribution in [2.75, 3.05) is 0 Å². The lowest BCUT2D eigenvalue weighted by molar-refractivity contribution is 0.471. The SMILES string of the molecule is CCc1ccc(C2CC2)o1. The summed E-state index contributed by atoms with van der Waals surface area (Å²) >= 11 is 0. The Bertz CT molecular complexity index is 220. The molecule has 0 saturated heterocycles. The van der Waals surface area contributed by atoms with Crippen molar-refractivity contribution in [1.82, 2.24) is 0 Å². The minimum atomic E-state index is 0.764. The molecule has 0 spiro atoms. The third-order valence-corrected chi connectivity index (χ3v) is 2.01. The topological polar surface area (TPSA) is 13.1 Å². The Morgan fingerprint density at radius 1 is 1.50 bits per heavy atom. The molecule has 1 aliphatic rings. The van der Waals surface area contributed by atoms with Crippen LogP contribution in [-0.4, -0.2) is 0 Å². The van der Waals surface area contributed by atoms with E-state index in [0.717, 1.165) is 18.1 Å². The molecule has 0 aliphatic heterocycles. The quantitative estimate of drug-likeness (QED) is 0.609. The van der Waals surface area contributed by atoms with Gasteiger partial charge in [0.1, 0.15) is 11.5 Å². The summed E-state index contributed by atoms with van der Waals surface area (Å²) in [6.07, 6.45) is 3.68. The maximum Gasteiger partial charge on any atom is 0.107 e. The van der Waals surface area contributed by atoms with Gasteiger partial charge in [0, 0.05) is 12.3 Å². The molecule has 1 heterocycles. The van der Waals surface area contributed by atoms with Crippen molar-refractivity contribution >= 4 is 0 Å². The fraction of sp³-hybridized carbons (Fsp3) is 0.556. The van der Waals surface area contributed by atoms with Crippen molar-refractivity contribution in [3.63, 3.8) is 0 Å². The first-order valence-corrected chi connectivity index (χ1v) is 3.98. The second kappa shape index (κ2) is 2.15. The highest BCUT2D eigenvalue weighted by Crippen LogP contribution is 2.40. The average molecular weight is 136 g/mol. The van der Waals surface area contributed by atoms with E-state index >= 15 is 0 Å². The van der Waals surface area contributed by atoms with Crippen LogP contribution in [-0.2, 0) is 6.42 Å². The summed E-state index contributed by atoms with van der Waals surface area (Å²) in [5, 5.41) is 0. The van der Waals surface area contributed by atoms with E-state index in [1.54, 1.807) is 0 Å². The molecule has 2 rings (SSSR count). The molecular weight excluding hydrogens is 124 g/mol. The van der Waals surface area contributed by atoms with E-state index in [9.17, 15) is 0 Å². The van der Waals surface area contributed by atoms with E-state index in [2.05, 4.69) is 19.1 Å². The van der Waals surface area contributed by atoms with E-state index in [0.29, 0.717) is 0 Å². The van der Waals surface area contributed by atoms with Crippen LogP contribution in [0.4, 0.5) is 0 Å². The van der Waals surface area contributed by atoms with Crippen LogP contribution in [0.2, 0.25) is 0 Å². The van der Waals surface area contributed by atoms with Crippen LogP contribution in [0.1, 0.15) is 37.2 Å². The van der Waals surface area contributed by atoms with Crippen LogP contribution in [0.25, 0.3) is 0 Å². The van der Waals surface area contributed by atoms with Crippen molar-refractivity contribution in [3.8, 4) is 0 Å². The smallest absolute Gasteiger partial charge is 0.107 e. The third-order valence-electron chi connectivity index (χ3n) is 2.01. The summed E-state index contributed by atoms with van der Waals surface area (Å²) in [6.45, 7) is 2.12.